The number of rotatable bonds is 5. The first-order chi connectivity index (χ1) is 10.7. The topological polar surface area (TPSA) is 80.4 Å². The number of pyridine rings is 1. The summed E-state index contributed by atoms with van der Waals surface area (Å²) in [5.41, 5.74) is 2.70. The van der Waals surface area contributed by atoms with Crippen LogP contribution in [0.25, 0.3) is 9.75 Å². The fraction of sp³-hybridized carbons (Fsp3) is 0. The number of nitrogens with one attached hydrogen (secondary N) is 1. The summed E-state index contributed by atoms with van der Waals surface area (Å²) in [5, 5.41) is 16.7. The Hall–Kier alpha value is -2.58. The Morgan fingerprint density at radius 3 is 2.82 bits per heavy atom. The van der Waals surface area contributed by atoms with E-state index in [1.165, 1.54) is 28.1 Å². The third-order valence-electron chi connectivity index (χ3n) is 2.72. The van der Waals surface area contributed by atoms with Gasteiger partial charge in [0.15, 0.2) is 0 Å². The van der Waals surface area contributed by atoms with E-state index in [1.54, 1.807) is 28.9 Å². The quantitative estimate of drug-likeness (QED) is 0.431. The van der Waals surface area contributed by atoms with Crippen molar-refractivity contribution in [1.29, 1.82) is 0 Å². The maximum Gasteiger partial charge on any atom is 0.287 e. The Balaban J connectivity index is 1.63. The standard InChI is InChI=1S/C14H10N4O2S2/c19-18(20)10-3-6-14(15-8-10)17-16-9-11-4-5-13(22-11)12-2-1-7-21-12/h1-9H,(H,15,17)/b16-9-. The van der Waals surface area contributed by atoms with Crippen LogP contribution in [0.15, 0.2) is 53.1 Å². The van der Waals surface area contributed by atoms with Gasteiger partial charge < -0.3 is 0 Å². The van der Waals surface area contributed by atoms with Gasteiger partial charge in [-0.1, -0.05) is 6.07 Å². The van der Waals surface area contributed by atoms with Crippen LogP contribution in [0.3, 0.4) is 0 Å². The van der Waals surface area contributed by atoms with Gasteiger partial charge in [0, 0.05) is 20.7 Å². The molecule has 0 aliphatic rings. The van der Waals surface area contributed by atoms with Gasteiger partial charge in [-0.25, -0.2) is 4.98 Å². The number of thiophene rings is 2. The van der Waals surface area contributed by atoms with Gasteiger partial charge in [0.25, 0.3) is 5.69 Å². The molecule has 0 radical (unpaired) electrons. The lowest BCUT2D eigenvalue weighted by molar-refractivity contribution is -0.385. The molecule has 0 amide bonds. The number of nitro groups is 1. The zero-order valence-electron chi connectivity index (χ0n) is 11.2. The number of nitrogens with zero attached hydrogens (tertiary/aromatic N) is 3. The Labute approximate surface area is 133 Å². The van der Waals surface area contributed by atoms with E-state index in [0.717, 1.165) is 4.88 Å². The van der Waals surface area contributed by atoms with Crippen LogP contribution in [0.2, 0.25) is 0 Å². The Morgan fingerprint density at radius 2 is 2.14 bits per heavy atom. The monoisotopic (exact) mass is 330 g/mol. The maximum atomic E-state index is 10.5. The van der Waals surface area contributed by atoms with Crippen LogP contribution in [0.5, 0.6) is 0 Å². The van der Waals surface area contributed by atoms with Crippen LogP contribution in [-0.4, -0.2) is 16.1 Å². The highest BCUT2D eigenvalue weighted by molar-refractivity contribution is 7.22. The largest absolute Gasteiger partial charge is 0.287 e. The number of anilines is 1. The van der Waals surface area contributed by atoms with E-state index in [4.69, 9.17) is 0 Å². The lowest BCUT2D eigenvalue weighted by atomic mass is 10.4. The molecule has 0 aromatic carbocycles. The van der Waals surface area contributed by atoms with Crippen LogP contribution in [0.4, 0.5) is 11.5 Å². The molecule has 0 atom stereocenters. The zero-order valence-corrected chi connectivity index (χ0v) is 12.8. The van der Waals surface area contributed by atoms with Crippen molar-refractivity contribution in [2.75, 3.05) is 5.43 Å². The van der Waals surface area contributed by atoms with Crippen LogP contribution in [-0.2, 0) is 0 Å². The van der Waals surface area contributed by atoms with E-state index in [1.807, 2.05) is 17.5 Å². The van der Waals surface area contributed by atoms with Crippen molar-refractivity contribution in [2.45, 2.75) is 0 Å². The molecule has 3 aromatic rings. The molecule has 6 nitrogen and oxygen atoms in total. The van der Waals surface area contributed by atoms with Crippen molar-refractivity contribution in [2.24, 2.45) is 5.10 Å². The zero-order chi connectivity index (χ0) is 15.4. The van der Waals surface area contributed by atoms with E-state index in [2.05, 4.69) is 27.6 Å². The highest BCUT2D eigenvalue weighted by atomic mass is 32.1. The third kappa shape index (κ3) is 3.35. The SMILES string of the molecule is O=[N+]([O-])c1ccc(N/N=C\c2ccc(-c3cccs3)s2)nc1. The molecule has 0 bridgehead atoms. The first-order valence-corrected chi connectivity index (χ1v) is 7.95. The van der Waals surface area contributed by atoms with Gasteiger partial charge in [-0.05, 0) is 29.6 Å². The molecule has 3 aromatic heterocycles. The van der Waals surface area contributed by atoms with Gasteiger partial charge in [-0.2, -0.15) is 5.10 Å². The molecule has 0 unspecified atom stereocenters. The molecule has 8 heteroatoms. The van der Waals surface area contributed by atoms with E-state index in [9.17, 15) is 10.1 Å². The Kier molecular flexibility index (Phi) is 4.22. The second-order valence-corrected chi connectivity index (χ2v) is 6.27. The van der Waals surface area contributed by atoms with Crippen molar-refractivity contribution in [3.8, 4) is 9.75 Å². The second-order valence-electron chi connectivity index (χ2n) is 4.21. The van der Waals surface area contributed by atoms with Gasteiger partial charge in [0.05, 0.1) is 11.1 Å². The Morgan fingerprint density at radius 1 is 1.23 bits per heavy atom. The molecule has 110 valence electrons. The van der Waals surface area contributed by atoms with Gasteiger partial charge >= 0.3 is 0 Å². The second kappa shape index (κ2) is 6.46. The number of aromatic nitrogens is 1. The van der Waals surface area contributed by atoms with E-state index < -0.39 is 4.92 Å². The summed E-state index contributed by atoms with van der Waals surface area (Å²) in [5.74, 6) is 0.455. The van der Waals surface area contributed by atoms with Gasteiger partial charge in [0.2, 0.25) is 0 Å². The summed E-state index contributed by atoms with van der Waals surface area (Å²) in [4.78, 5) is 17.4. The molecule has 3 rings (SSSR count). The minimum atomic E-state index is -0.488. The number of hydrogen-bond donors (Lipinski definition) is 1. The van der Waals surface area contributed by atoms with Crippen LogP contribution < -0.4 is 5.43 Å². The van der Waals surface area contributed by atoms with Crippen molar-refractivity contribution in [3.05, 3.63) is 63.0 Å². The van der Waals surface area contributed by atoms with Crippen LogP contribution in [0.1, 0.15) is 4.88 Å². The third-order valence-corrected chi connectivity index (χ3v) is 4.81. The molecule has 0 aliphatic carbocycles. The first kappa shape index (κ1) is 14.4. The molecule has 0 saturated carbocycles. The van der Waals surface area contributed by atoms with Gasteiger partial charge in [0.1, 0.15) is 12.0 Å². The van der Waals surface area contributed by atoms with Crippen LogP contribution in [0, 0.1) is 10.1 Å². The molecule has 22 heavy (non-hydrogen) atoms. The fourth-order valence-electron chi connectivity index (χ4n) is 1.70. The van der Waals surface area contributed by atoms with E-state index in [0.29, 0.717) is 5.82 Å². The molecular formula is C14H10N4O2S2. The molecule has 0 fully saturated rings. The molecular weight excluding hydrogens is 320 g/mol. The van der Waals surface area contributed by atoms with Crippen molar-refractivity contribution < 1.29 is 4.92 Å². The van der Waals surface area contributed by atoms with Gasteiger partial charge in [-0.15, -0.1) is 22.7 Å². The lowest BCUT2D eigenvalue weighted by Gasteiger charge is -1.97. The summed E-state index contributed by atoms with van der Waals surface area (Å²) < 4.78 is 0. The summed E-state index contributed by atoms with van der Waals surface area (Å²) >= 11 is 3.34. The highest BCUT2D eigenvalue weighted by Gasteiger charge is 2.04. The minimum absolute atomic E-state index is 0.0478. The average Bonchev–Trinajstić information content (AvgIpc) is 3.19. The Bertz CT molecular complexity index is 795. The van der Waals surface area contributed by atoms with Crippen molar-refractivity contribution >= 4 is 40.4 Å². The predicted octanol–water partition coefficient (Wildman–Crippen LogP) is 4.23. The molecule has 0 aliphatic heterocycles. The number of hydrazone groups is 1. The van der Waals surface area contributed by atoms with Crippen LogP contribution >= 0.6 is 22.7 Å². The van der Waals surface area contributed by atoms with Crippen molar-refractivity contribution in [1.82, 2.24) is 4.98 Å². The van der Waals surface area contributed by atoms with E-state index >= 15 is 0 Å². The highest BCUT2D eigenvalue weighted by Crippen LogP contribution is 2.30. The summed E-state index contributed by atoms with van der Waals surface area (Å²) in [6.07, 6.45) is 2.89. The predicted molar refractivity (Wildman–Crippen MR) is 89.7 cm³/mol. The fourth-order valence-corrected chi connectivity index (χ4v) is 3.41. The normalized spacial score (nSPS) is 10.9. The molecule has 1 N–H and O–H groups in total. The minimum Gasteiger partial charge on any atom is -0.261 e. The molecule has 0 spiro atoms. The van der Waals surface area contributed by atoms with Crippen molar-refractivity contribution in [3.63, 3.8) is 0 Å². The summed E-state index contributed by atoms with van der Waals surface area (Å²) in [7, 11) is 0. The maximum absolute atomic E-state index is 10.5. The van der Waals surface area contributed by atoms with Gasteiger partial charge in [-0.3, -0.25) is 15.5 Å². The van der Waals surface area contributed by atoms with E-state index in [-0.39, 0.29) is 5.69 Å². The average molecular weight is 330 g/mol. The molecule has 3 heterocycles. The number of hydrogen-bond acceptors (Lipinski definition) is 7. The summed E-state index contributed by atoms with van der Waals surface area (Å²) in [6.45, 7) is 0. The lowest BCUT2D eigenvalue weighted by Crippen LogP contribution is -1.94. The molecule has 0 saturated heterocycles. The first-order valence-electron chi connectivity index (χ1n) is 6.25. The smallest absolute Gasteiger partial charge is 0.261 e. The summed E-state index contributed by atoms with van der Waals surface area (Å²) in [6, 6.07) is 11.0.